The van der Waals surface area contributed by atoms with E-state index in [1.165, 1.54) is 23.5 Å². The predicted molar refractivity (Wildman–Crippen MR) is 77.2 cm³/mol. The molecule has 0 fully saturated rings. The Morgan fingerprint density at radius 2 is 2.15 bits per heavy atom. The van der Waals surface area contributed by atoms with Crippen molar-refractivity contribution in [2.75, 3.05) is 5.73 Å². The van der Waals surface area contributed by atoms with Gasteiger partial charge in [-0.3, -0.25) is 4.98 Å². The van der Waals surface area contributed by atoms with Crippen LogP contribution >= 0.6 is 11.3 Å². The summed E-state index contributed by atoms with van der Waals surface area (Å²) < 4.78 is 18.2. The number of halogens is 1. The molecule has 2 rings (SSSR count). The molecule has 0 aliphatic rings. The molecule has 0 radical (unpaired) electrons. The summed E-state index contributed by atoms with van der Waals surface area (Å²) in [6, 6.07) is 2.82. The van der Waals surface area contributed by atoms with Crippen LogP contribution in [0.5, 0.6) is 0 Å². The van der Waals surface area contributed by atoms with Crippen LogP contribution in [0.3, 0.4) is 0 Å². The van der Waals surface area contributed by atoms with Crippen LogP contribution in [0.1, 0.15) is 29.1 Å². The van der Waals surface area contributed by atoms with Gasteiger partial charge >= 0.3 is 5.97 Å². The fraction of sp³-hybridized carbons (Fsp3) is 0.286. The molecule has 6 heteroatoms. The first-order chi connectivity index (χ1) is 9.40. The van der Waals surface area contributed by atoms with Crippen molar-refractivity contribution in [1.29, 1.82) is 0 Å². The van der Waals surface area contributed by atoms with E-state index in [4.69, 9.17) is 10.5 Å². The minimum absolute atomic E-state index is 0.240. The molecule has 0 bridgehead atoms. The highest BCUT2D eigenvalue weighted by Gasteiger charge is 2.24. The van der Waals surface area contributed by atoms with Crippen LogP contribution in [-0.4, -0.2) is 17.1 Å². The van der Waals surface area contributed by atoms with Crippen LogP contribution in [-0.2, 0) is 4.74 Å². The third-order valence-corrected chi connectivity index (χ3v) is 3.58. The van der Waals surface area contributed by atoms with Gasteiger partial charge in [-0.05, 0) is 32.9 Å². The average molecular weight is 294 g/mol. The Hall–Kier alpha value is -1.95. The second-order valence-electron chi connectivity index (χ2n) is 4.59. The summed E-state index contributed by atoms with van der Waals surface area (Å²) in [7, 11) is 0. The van der Waals surface area contributed by atoms with Crippen molar-refractivity contribution in [3.63, 3.8) is 0 Å². The Bertz CT molecular complexity index is 635. The molecule has 4 nitrogen and oxygen atoms in total. The lowest BCUT2D eigenvalue weighted by molar-refractivity contribution is 0.0380. The van der Waals surface area contributed by atoms with E-state index < -0.39 is 11.8 Å². The highest BCUT2D eigenvalue weighted by Crippen LogP contribution is 2.37. The Morgan fingerprint density at radius 1 is 1.45 bits per heavy atom. The molecule has 2 N–H and O–H groups in total. The molecule has 0 aliphatic heterocycles. The zero-order chi connectivity index (χ0) is 14.9. The molecule has 0 atom stereocenters. The van der Waals surface area contributed by atoms with Gasteiger partial charge in [0, 0.05) is 10.4 Å². The number of nitrogens with two attached hydrogens (primary N) is 1. The van der Waals surface area contributed by atoms with Gasteiger partial charge in [0.25, 0.3) is 0 Å². The molecule has 0 spiro atoms. The summed E-state index contributed by atoms with van der Waals surface area (Å²) in [5.41, 5.74) is 7.32. The standard InChI is InChI=1S/C14H15FN2O2S/c1-7(2)19-14(18)12-11(8(3)20-13(12)16)10-5-4-9(15)6-17-10/h4-7H,16H2,1-3H3. The van der Waals surface area contributed by atoms with E-state index in [9.17, 15) is 9.18 Å². The van der Waals surface area contributed by atoms with Gasteiger partial charge in [0.1, 0.15) is 16.4 Å². The summed E-state index contributed by atoms with van der Waals surface area (Å²) in [6.07, 6.45) is 0.872. The second-order valence-corrected chi connectivity index (χ2v) is 5.84. The molecule has 0 aromatic carbocycles. The SMILES string of the molecule is Cc1sc(N)c(C(=O)OC(C)C)c1-c1ccc(F)cn1. The highest BCUT2D eigenvalue weighted by molar-refractivity contribution is 7.16. The molecule has 2 aromatic rings. The van der Waals surface area contributed by atoms with Crippen LogP contribution in [0, 0.1) is 12.7 Å². The van der Waals surface area contributed by atoms with E-state index in [2.05, 4.69) is 4.98 Å². The van der Waals surface area contributed by atoms with Crippen molar-refractivity contribution in [1.82, 2.24) is 4.98 Å². The third kappa shape index (κ3) is 2.80. The molecule has 0 amide bonds. The number of hydrogen-bond donors (Lipinski definition) is 1. The number of aryl methyl sites for hydroxylation is 1. The lowest BCUT2D eigenvalue weighted by Gasteiger charge is -2.09. The maximum absolute atomic E-state index is 13.0. The van der Waals surface area contributed by atoms with Gasteiger partial charge < -0.3 is 10.5 Å². The van der Waals surface area contributed by atoms with E-state index in [0.717, 1.165) is 11.1 Å². The first-order valence-corrected chi connectivity index (χ1v) is 6.93. The second kappa shape index (κ2) is 5.58. The normalized spacial score (nSPS) is 10.8. The molecular weight excluding hydrogens is 279 g/mol. The van der Waals surface area contributed by atoms with Gasteiger partial charge in [-0.1, -0.05) is 0 Å². The number of hydrogen-bond acceptors (Lipinski definition) is 5. The number of nitrogens with zero attached hydrogens (tertiary/aromatic N) is 1. The molecule has 2 heterocycles. The number of carbonyl (C=O) groups is 1. The number of ether oxygens (including phenoxy) is 1. The van der Waals surface area contributed by atoms with E-state index in [1.807, 2.05) is 6.92 Å². The van der Waals surface area contributed by atoms with Crippen LogP contribution < -0.4 is 5.73 Å². The number of anilines is 1. The first kappa shape index (κ1) is 14.5. The maximum atomic E-state index is 13.0. The summed E-state index contributed by atoms with van der Waals surface area (Å²) in [6.45, 7) is 5.37. The van der Waals surface area contributed by atoms with E-state index in [-0.39, 0.29) is 6.10 Å². The molecule has 106 valence electrons. The topological polar surface area (TPSA) is 65.2 Å². The Balaban J connectivity index is 2.53. The van der Waals surface area contributed by atoms with E-state index >= 15 is 0 Å². The summed E-state index contributed by atoms with van der Waals surface area (Å²) in [5, 5.41) is 0.384. The fourth-order valence-corrected chi connectivity index (χ4v) is 2.80. The molecule has 0 aliphatic carbocycles. The Kier molecular flexibility index (Phi) is 4.04. The molecular formula is C14H15FN2O2S. The quantitative estimate of drug-likeness (QED) is 0.881. The number of rotatable bonds is 3. The lowest BCUT2D eigenvalue weighted by Crippen LogP contribution is -2.13. The van der Waals surface area contributed by atoms with Crippen LogP contribution in [0.25, 0.3) is 11.3 Å². The van der Waals surface area contributed by atoms with E-state index in [0.29, 0.717) is 21.8 Å². The first-order valence-electron chi connectivity index (χ1n) is 6.12. The number of nitrogen functional groups attached to an aromatic ring is 1. The van der Waals surface area contributed by atoms with Gasteiger partial charge in [0.15, 0.2) is 0 Å². The zero-order valence-electron chi connectivity index (χ0n) is 11.4. The van der Waals surface area contributed by atoms with Crippen LogP contribution in [0.15, 0.2) is 18.3 Å². The average Bonchev–Trinajstić information content (AvgIpc) is 2.64. The zero-order valence-corrected chi connectivity index (χ0v) is 12.3. The molecule has 2 aromatic heterocycles. The summed E-state index contributed by atoms with van der Waals surface area (Å²) in [4.78, 5) is 17.0. The van der Waals surface area contributed by atoms with Gasteiger partial charge in [-0.2, -0.15) is 0 Å². The monoisotopic (exact) mass is 294 g/mol. The van der Waals surface area contributed by atoms with Gasteiger partial charge in [0.05, 0.1) is 18.0 Å². The van der Waals surface area contributed by atoms with Crippen molar-refractivity contribution in [3.8, 4) is 11.3 Å². The molecule has 0 saturated heterocycles. The van der Waals surface area contributed by atoms with Gasteiger partial charge in [0.2, 0.25) is 0 Å². The maximum Gasteiger partial charge on any atom is 0.342 e. The van der Waals surface area contributed by atoms with Crippen molar-refractivity contribution in [3.05, 3.63) is 34.6 Å². The number of esters is 1. The number of aromatic nitrogens is 1. The Morgan fingerprint density at radius 3 is 2.70 bits per heavy atom. The van der Waals surface area contributed by atoms with Crippen molar-refractivity contribution >= 4 is 22.3 Å². The van der Waals surface area contributed by atoms with Crippen molar-refractivity contribution < 1.29 is 13.9 Å². The fourth-order valence-electron chi connectivity index (χ4n) is 1.87. The number of thiophene rings is 1. The van der Waals surface area contributed by atoms with Gasteiger partial charge in [-0.15, -0.1) is 11.3 Å². The molecule has 0 saturated carbocycles. The molecule has 20 heavy (non-hydrogen) atoms. The number of carbonyl (C=O) groups excluding carboxylic acids is 1. The minimum Gasteiger partial charge on any atom is -0.459 e. The molecule has 0 unspecified atom stereocenters. The summed E-state index contributed by atoms with van der Waals surface area (Å²) in [5.74, 6) is -0.913. The van der Waals surface area contributed by atoms with Crippen molar-refractivity contribution in [2.24, 2.45) is 0 Å². The van der Waals surface area contributed by atoms with Crippen LogP contribution in [0.2, 0.25) is 0 Å². The number of pyridine rings is 1. The summed E-state index contributed by atoms with van der Waals surface area (Å²) >= 11 is 1.29. The largest absolute Gasteiger partial charge is 0.459 e. The third-order valence-electron chi connectivity index (χ3n) is 2.64. The predicted octanol–water partition coefficient (Wildman–Crippen LogP) is 3.41. The highest BCUT2D eigenvalue weighted by atomic mass is 32.1. The van der Waals surface area contributed by atoms with Crippen LogP contribution in [0.4, 0.5) is 9.39 Å². The van der Waals surface area contributed by atoms with Gasteiger partial charge in [-0.25, -0.2) is 9.18 Å². The Labute approximate surface area is 120 Å². The lowest BCUT2D eigenvalue weighted by atomic mass is 10.1. The van der Waals surface area contributed by atoms with Crippen molar-refractivity contribution in [2.45, 2.75) is 26.9 Å². The smallest absolute Gasteiger partial charge is 0.342 e. The minimum atomic E-state index is -0.483. The van der Waals surface area contributed by atoms with E-state index in [1.54, 1.807) is 13.8 Å².